The van der Waals surface area contributed by atoms with E-state index in [2.05, 4.69) is 0 Å². The Hall–Kier alpha value is -1.51. The number of non-ortho nitro benzene ring substituents is 1. The van der Waals surface area contributed by atoms with Gasteiger partial charge in [0.1, 0.15) is 0 Å². The van der Waals surface area contributed by atoms with E-state index in [1.54, 1.807) is 0 Å². The Morgan fingerprint density at radius 2 is 2.07 bits per heavy atom. The average Bonchev–Trinajstić information content (AvgIpc) is 2.17. The molecule has 0 amide bonds. The standard InChI is InChI=1S/C7H9N3O4S/c1-9(8)15(13,14)7-4-2-3-6(5-7)10(11)12/h2-5H,8H2,1H3. The summed E-state index contributed by atoms with van der Waals surface area (Å²) in [4.78, 5) is 9.54. The van der Waals surface area contributed by atoms with Crippen molar-refractivity contribution in [3.63, 3.8) is 0 Å². The molecule has 0 fully saturated rings. The highest BCUT2D eigenvalue weighted by Gasteiger charge is 2.20. The van der Waals surface area contributed by atoms with Crippen molar-refractivity contribution in [3.05, 3.63) is 34.4 Å². The highest BCUT2D eigenvalue weighted by atomic mass is 32.2. The van der Waals surface area contributed by atoms with Crippen LogP contribution in [0.3, 0.4) is 0 Å². The zero-order chi connectivity index (χ0) is 11.6. The first kappa shape index (κ1) is 11.6. The number of nitro benzene ring substituents is 1. The monoisotopic (exact) mass is 231 g/mol. The smallest absolute Gasteiger partial charge is 0.258 e. The summed E-state index contributed by atoms with van der Waals surface area (Å²) in [7, 11) is -2.68. The van der Waals surface area contributed by atoms with E-state index in [9.17, 15) is 18.5 Å². The van der Waals surface area contributed by atoms with E-state index in [-0.39, 0.29) is 10.6 Å². The minimum absolute atomic E-state index is 0.207. The fraction of sp³-hybridized carbons (Fsp3) is 0.143. The van der Waals surface area contributed by atoms with Gasteiger partial charge < -0.3 is 0 Å². The molecule has 0 saturated carbocycles. The maximum Gasteiger partial charge on any atom is 0.270 e. The molecule has 1 rings (SSSR count). The van der Waals surface area contributed by atoms with Crippen molar-refractivity contribution in [2.75, 3.05) is 7.05 Å². The van der Waals surface area contributed by atoms with Crippen LogP contribution in [0, 0.1) is 10.1 Å². The molecule has 0 heterocycles. The highest BCUT2D eigenvalue weighted by Crippen LogP contribution is 2.18. The van der Waals surface area contributed by atoms with Gasteiger partial charge in [-0.2, -0.15) is 0 Å². The first-order valence-corrected chi connectivity index (χ1v) is 5.28. The molecule has 8 heteroatoms. The number of hydrogen-bond acceptors (Lipinski definition) is 5. The molecule has 7 nitrogen and oxygen atoms in total. The summed E-state index contributed by atoms with van der Waals surface area (Å²) >= 11 is 0. The number of nitro groups is 1. The Morgan fingerprint density at radius 3 is 2.53 bits per heavy atom. The van der Waals surface area contributed by atoms with E-state index in [0.717, 1.165) is 13.1 Å². The molecular weight excluding hydrogens is 222 g/mol. The molecule has 0 unspecified atom stereocenters. The lowest BCUT2D eigenvalue weighted by molar-refractivity contribution is -0.385. The van der Waals surface area contributed by atoms with Crippen molar-refractivity contribution >= 4 is 15.7 Å². The van der Waals surface area contributed by atoms with Gasteiger partial charge in [0.25, 0.3) is 15.7 Å². The number of sulfonamides is 1. The molecule has 0 saturated heterocycles. The zero-order valence-corrected chi connectivity index (χ0v) is 8.64. The molecule has 0 aliphatic rings. The van der Waals surface area contributed by atoms with E-state index < -0.39 is 14.9 Å². The van der Waals surface area contributed by atoms with Crippen LogP contribution in [0.2, 0.25) is 0 Å². The molecular formula is C7H9N3O4S. The van der Waals surface area contributed by atoms with E-state index in [1.807, 2.05) is 0 Å². The Balaban J connectivity index is 3.29. The van der Waals surface area contributed by atoms with Gasteiger partial charge in [0.15, 0.2) is 0 Å². The van der Waals surface area contributed by atoms with E-state index in [1.165, 1.54) is 18.2 Å². The van der Waals surface area contributed by atoms with Crippen molar-refractivity contribution < 1.29 is 13.3 Å². The molecule has 82 valence electrons. The molecule has 0 aliphatic carbocycles. The zero-order valence-electron chi connectivity index (χ0n) is 7.82. The number of rotatable bonds is 3. The molecule has 0 radical (unpaired) electrons. The number of nitrogens with two attached hydrogens (primary N) is 1. The number of hydrazine groups is 1. The lowest BCUT2D eigenvalue weighted by atomic mass is 10.3. The Bertz CT molecular complexity index is 483. The van der Waals surface area contributed by atoms with Gasteiger partial charge in [-0.15, -0.1) is 4.41 Å². The number of nitrogens with zero attached hydrogens (tertiary/aromatic N) is 2. The Morgan fingerprint density at radius 1 is 1.47 bits per heavy atom. The minimum atomic E-state index is -3.83. The van der Waals surface area contributed by atoms with Gasteiger partial charge in [-0.3, -0.25) is 16.0 Å². The van der Waals surface area contributed by atoms with Gasteiger partial charge in [-0.25, -0.2) is 8.42 Å². The van der Waals surface area contributed by atoms with Crippen molar-refractivity contribution in [2.45, 2.75) is 4.90 Å². The summed E-state index contributed by atoms with van der Waals surface area (Å²) in [5.41, 5.74) is -0.294. The fourth-order valence-corrected chi connectivity index (χ4v) is 1.78. The normalized spacial score (nSPS) is 11.7. The van der Waals surface area contributed by atoms with Crippen molar-refractivity contribution in [1.82, 2.24) is 4.41 Å². The van der Waals surface area contributed by atoms with Crippen LogP contribution in [0.1, 0.15) is 0 Å². The lowest BCUT2D eigenvalue weighted by Crippen LogP contribution is -2.33. The first-order valence-electron chi connectivity index (χ1n) is 3.84. The second kappa shape index (κ2) is 3.93. The summed E-state index contributed by atoms with van der Waals surface area (Å²) in [6.07, 6.45) is 0. The van der Waals surface area contributed by atoms with Gasteiger partial charge in [0.05, 0.1) is 9.82 Å². The summed E-state index contributed by atoms with van der Waals surface area (Å²) in [6, 6.07) is 4.69. The van der Waals surface area contributed by atoms with E-state index >= 15 is 0 Å². The average molecular weight is 231 g/mol. The maximum atomic E-state index is 11.5. The third-order valence-electron chi connectivity index (χ3n) is 1.71. The minimum Gasteiger partial charge on any atom is -0.258 e. The lowest BCUT2D eigenvalue weighted by Gasteiger charge is -2.10. The molecule has 0 spiro atoms. The molecule has 0 atom stereocenters. The second-order valence-electron chi connectivity index (χ2n) is 2.78. The van der Waals surface area contributed by atoms with Crippen LogP contribution in [-0.2, 0) is 10.0 Å². The summed E-state index contributed by atoms with van der Waals surface area (Å²) in [6.45, 7) is 0. The quantitative estimate of drug-likeness (QED) is 0.450. The summed E-state index contributed by atoms with van der Waals surface area (Å²) in [5.74, 6) is 5.10. The van der Waals surface area contributed by atoms with Crippen LogP contribution >= 0.6 is 0 Å². The first-order chi connectivity index (χ1) is 6.85. The van der Waals surface area contributed by atoms with Gasteiger partial charge in [0, 0.05) is 19.2 Å². The van der Waals surface area contributed by atoms with E-state index in [0.29, 0.717) is 4.41 Å². The number of benzene rings is 1. The van der Waals surface area contributed by atoms with Crippen LogP contribution in [0.15, 0.2) is 29.2 Å². The maximum absolute atomic E-state index is 11.5. The van der Waals surface area contributed by atoms with Gasteiger partial charge in [-0.1, -0.05) is 6.07 Å². The fourth-order valence-electron chi connectivity index (χ4n) is 0.924. The molecule has 1 aromatic carbocycles. The number of hydrogen-bond donors (Lipinski definition) is 1. The Labute approximate surface area is 86.3 Å². The largest absolute Gasteiger partial charge is 0.270 e. The summed E-state index contributed by atoms with van der Waals surface area (Å²) < 4.78 is 23.5. The third kappa shape index (κ3) is 2.29. The predicted molar refractivity (Wildman–Crippen MR) is 52.2 cm³/mol. The molecule has 0 bridgehead atoms. The second-order valence-corrected chi connectivity index (χ2v) is 4.77. The van der Waals surface area contributed by atoms with E-state index in [4.69, 9.17) is 5.84 Å². The van der Waals surface area contributed by atoms with Crippen molar-refractivity contribution in [2.24, 2.45) is 5.84 Å². The topological polar surface area (TPSA) is 107 Å². The van der Waals surface area contributed by atoms with Crippen LogP contribution in [0.5, 0.6) is 0 Å². The molecule has 15 heavy (non-hydrogen) atoms. The summed E-state index contributed by atoms with van der Waals surface area (Å²) in [5, 5.41) is 10.4. The van der Waals surface area contributed by atoms with Gasteiger partial charge >= 0.3 is 0 Å². The molecule has 0 aliphatic heterocycles. The third-order valence-corrected chi connectivity index (χ3v) is 3.31. The Kier molecular flexibility index (Phi) is 3.03. The molecule has 1 aromatic rings. The SMILES string of the molecule is CN(N)S(=O)(=O)c1cccc([N+](=O)[O-])c1. The predicted octanol–water partition coefficient (Wildman–Crippen LogP) is 0.0890. The van der Waals surface area contributed by atoms with Gasteiger partial charge in [0.2, 0.25) is 0 Å². The van der Waals surface area contributed by atoms with Crippen LogP contribution in [-0.4, -0.2) is 24.8 Å². The van der Waals surface area contributed by atoms with Crippen LogP contribution in [0.25, 0.3) is 0 Å². The van der Waals surface area contributed by atoms with Gasteiger partial charge in [-0.05, 0) is 6.07 Å². The van der Waals surface area contributed by atoms with Crippen molar-refractivity contribution in [1.29, 1.82) is 0 Å². The van der Waals surface area contributed by atoms with Crippen LogP contribution < -0.4 is 5.84 Å². The molecule has 2 N–H and O–H groups in total. The highest BCUT2D eigenvalue weighted by molar-refractivity contribution is 7.89. The molecule has 0 aromatic heterocycles. The van der Waals surface area contributed by atoms with Crippen molar-refractivity contribution in [3.8, 4) is 0 Å². The van der Waals surface area contributed by atoms with Crippen LogP contribution in [0.4, 0.5) is 5.69 Å².